The lowest BCUT2D eigenvalue weighted by atomic mass is 10.00. The minimum Gasteiger partial charge on any atom is -0.356 e. The van der Waals surface area contributed by atoms with Crippen molar-refractivity contribution in [3.05, 3.63) is 81.4 Å². The van der Waals surface area contributed by atoms with Crippen LogP contribution in [0.4, 0.5) is 10.2 Å². The molecule has 0 bridgehead atoms. The van der Waals surface area contributed by atoms with Crippen LogP contribution >= 0.6 is 11.6 Å². The summed E-state index contributed by atoms with van der Waals surface area (Å²) in [7, 11) is 1.65. The van der Waals surface area contributed by atoms with Gasteiger partial charge >= 0.3 is 0 Å². The summed E-state index contributed by atoms with van der Waals surface area (Å²) in [6.07, 6.45) is 4.57. The molecule has 1 aliphatic heterocycles. The number of hydrogen-bond donors (Lipinski definition) is 0. The first-order chi connectivity index (χ1) is 15.4. The Labute approximate surface area is 189 Å². The Morgan fingerprint density at radius 2 is 1.91 bits per heavy atom. The molecule has 6 nitrogen and oxygen atoms in total. The van der Waals surface area contributed by atoms with Gasteiger partial charge in [-0.1, -0.05) is 11.6 Å². The van der Waals surface area contributed by atoms with E-state index in [9.17, 15) is 9.18 Å². The van der Waals surface area contributed by atoms with Crippen LogP contribution in [0.15, 0.2) is 53.6 Å². The van der Waals surface area contributed by atoms with Gasteiger partial charge in [0.05, 0.1) is 16.6 Å². The summed E-state index contributed by atoms with van der Waals surface area (Å²) in [6, 6.07) is 10.3. The summed E-state index contributed by atoms with van der Waals surface area (Å²) in [5, 5.41) is 0.585. The Kier molecular flexibility index (Phi) is 5.13. The van der Waals surface area contributed by atoms with Gasteiger partial charge in [-0.15, -0.1) is 0 Å². The van der Waals surface area contributed by atoms with E-state index in [0.29, 0.717) is 28.5 Å². The van der Waals surface area contributed by atoms with Gasteiger partial charge in [-0.3, -0.25) is 14.3 Å². The molecule has 8 heteroatoms. The van der Waals surface area contributed by atoms with Crippen molar-refractivity contribution in [3.8, 4) is 11.3 Å². The van der Waals surface area contributed by atoms with E-state index in [4.69, 9.17) is 16.6 Å². The van der Waals surface area contributed by atoms with Gasteiger partial charge < -0.3 is 4.90 Å². The third-order valence-corrected chi connectivity index (χ3v) is 6.38. The van der Waals surface area contributed by atoms with Gasteiger partial charge in [-0.2, -0.15) is 0 Å². The lowest BCUT2D eigenvalue weighted by Crippen LogP contribution is -2.24. The number of pyridine rings is 2. The first-order valence-electron chi connectivity index (χ1n) is 10.4. The van der Waals surface area contributed by atoms with E-state index in [2.05, 4.69) is 14.9 Å². The number of anilines is 1. The molecule has 0 unspecified atom stereocenters. The average Bonchev–Trinajstić information content (AvgIpc) is 3.28. The van der Waals surface area contributed by atoms with Crippen LogP contribution in [-0.2, 0) is 7.05 Å². The molecule has 0 radical (unpaired) electrons. The summed E-state index contributed by atoms with van der Waals surface area (Å²) in [5.74, 6) is 1.09. The number of rotatable bonds is 3. The fourth-order valence-corrected chi connectivity index (χ4v) is 4.45. The Balaban J connectivity index is 1.67. The van der Waals surface area contributed by atoms with Gasteiger partial charge in [0.25, 0.3) is 5.56 Å². The normalized spacial score (nSPS) is 16.1. The van der Waals surface area contributed by atoms with E-state index in [1.807, 2.05) is 18.2 Å². The summed E-state index contributed by atoms with van der Waals surface area (Å²) < 4.78 is 16.3. The maximum Gasteiger partial charge on any atom is 0.263 e. The van der Waals surface area contributed by atoms with Crippen molar-refractivity contribution >= 4 is 28.3 Å². The number of halogens is 2. The highest BCUT2D eigenvalue weighted by atomic mass is 35.5. The zero-order chi connectivity index (χ0) is 22.4. The molecule has 4 aromatic rings. The highest BCUT2D eigenvalue weighted by molar-refractivity contribution is 6.30. The van der Waals surface area contributed by atoms with Crippen LogP contribution in [0.2, 0.25) is 5.02 Å². The van der Waals surface area contributed by atoms with Gasteiger partial charge in [-0.25, -0.2) is 14.4 Å². The van der Waals surface area contributed by atoms with Gasteiger partial charge in [0.15, 0.2) is 0 Å². The van der Waals surface area contributed by atoms with Crippen molar-refractivity contribution in [2.24, 2.45) is 7.05 Å². The van der Waals surface area contributed by atoms with Crippen molar-refractivity contribution in [1.29, 1.82) is 0 Å². The summed E-state index contributed by atoms with van der Waals surface area (Å²) >= 11 is 5.96. The van der Waals surface area contributed by atoms with E-state index in [1.54, 1.807) is 38.5 Å². The molecule has 0 aliphatic carbocycles. The third kappa shape index (κ3) is 3.52. The summed E-state index contributed by atoms with van der Waals surface area (Å²) in [4.78, 5) is 28.8. The van der Waals surface area contributed by atoms with E-state index in [0.717, 1.165) is 19.5 Å². The molecular weight excluding hydrogens is 429 g/mol. The molecule has 0 amide bonds. The number of benzene rings is 1. The predicted molar refractivity (Wildman–Crippen MR) is 124 cm³/mol. The molecule has 0 spiro atoms. The number of nitrogens with zero attached hydrogens (tertiary/aromatic N) is 5. The molecule has 1 saturated heterocycles. The van der Waals surface area contributed by atoms with Crippen molar-refractivity contribution in [2.75, 3.05) is 18.0 Å². The number of aryl methyl sites for hydroxylation is 1. The number of fused-ring (bicyclic) bond motifs is 1. The monoisotopic (exact) mass is 449 g/mol. The highest BCUT2D eigenvalue weighted by Crippen LogP contribution is 2.34. The molecular formula is C24H21ClFN5O. The summed E-state index contributed by atoms with van der Waals surface area (Å²) in [6.45, 7) is 3.35. The topological polar surface area (TPSA) is 63.9 Å². The van der Waals surface area contributed by atoms with Crippen LogP contribution in [0.5, 0.6) is 0 Å². The largest absolute Gasteiger partial charge is 0.356 e. The Hall–Kier alpha value is -3.32. The zero-order valence-electron chi connectivity index (χ0n) is 17.7. The van der Waals surface area contributed by atoms with Crippen LogP contribution in [0.1, 0.15) is 23.7 Å². The van der Waals surface area contributed by atoms with Crippen molar-refractivity contribution < 1.29 is 4.39 Å². The van der Waals surface area contributed by atoms with Crippen LogP contribution in [0.25, 0.3) is 22.2 Å². The van der Waals surface area contributed by atoms with Crippen LogP contribution in [0, 0.1) is 12.7 Å². The molecule has 1 aliphatic rings. The maximum atomic E-state index is 14.9. The summed E-state index contributed by atoms with van der Waals surface area (Å²) in [5.41, 5.74) is 2.00. The second-order valence-electron chi connectivity index (χ2n) is 8.08. The van der Waals surface area contributed by atoms with E-state index in [1.165, 1.54) is 16.2 Å². The fraction of sp³-hybridized carbons (Fsp3) is 0.250. The molecule has 3 aromatic heterocycles. The first kappa shape index (κ1) is 20.6. The Morgan fingerprint density at radius 3 is 2.66 bits per heavy atom. The minimum absolute atomic E-state index is 0.230. The van der Waals surface area contributed by atoms with Crippen LogP contribution < -0.4 is 10.5 Å². The molecule has 4 heterocycles. The minimum atomic E-state index is -0.526. The molecule has 0 N–H and O–H groups in total. The SMILES string of the molecule is Cc1nc2cc(N3CC[C@H](c4ccncc4)C3)nc(-c3ccc(Cl)cc3F)c2c(=O)n1C. The van der Waals surface area contributed by atoms with Crippen molar-refractivity contribution in [2.45, 2.75) is 19.3 Å². The smallest absolute Gasteiger partial charge is 0.263 e. The van der Waals surface area contributed by atoms with Crippen molar-refractivity contribution in [1.82, 2.24) is 19.5 Å². The molecule has 32 heavy (non-hydrogen) atoms. The second kappa shape index (κ2) is 7.98. The van der Waals surface area contributed by atoms with E-state index >= 15 is 0 Å². The first-order valence-corrected chi connectivity index (χ1v) is 10.8. The maximum absolute atomic E-state index is 14.9. The molecule has 0 saturated carbocycles. The molecule has 1 fully saturated rings. The third-order valence-electron chi connectivity index (χ3n) is 6.15. The van der Waals surface area contributed by atoms with Gasteiger partial charge in [-0.05, 0) is 49.2 Å². The van der Waals surface area contributed by atoms with E-state index in [-0.39, 0.29) is 21.8 Å². The number of hydrogen-bond acceptors (Lipinski definition) is 5. The van der Waals surface area contributed by atoms with Gasteiger partial charge in [0.1, 0.15) is 17.5 Å². The van der Waals surface area contributed by atoms with Crippen LogP contribution in [0.3, 0.4) is 0 Å². The quantitative estimate of drug-likeness (QED) is 0.461. The molecule has 1 atom stereocenters. The fourth-order valence-electron chi connectivity index (χ4n) is 4.30. The predicted octanol–water partition coefficient (Wildman–Crippen LogP) is 4.49. The Bertz CT molecular complexity index is 1390. The average molecular weight is 450 g/mol. The van der Waals surface area contributed by atoms with Crippen LogP contribution in [-0.4, -0.2) is 32.6 Å². The second-order valence-corrected chi connectivity index (χ2v) is 8.52. The standard InChI is InChI=1S/C24H21ClFN5O/c1-14-28-20-12-21(31-10-7-16(13-31)15-5-8-27-9-6-15)29-23(22(20)24(32)30(14)2)18-4-3-17(25)11-19(18)26/h3-6,8-9,11-12,16H,7,10,13H2,1-2H3/t16-/m0/s1. The van der Waals surface area contributed by atoms with E-state index < -0.39 is 5.82 Å². The molecule has 162 valence electrons. The van der Waals surface area contributed by atoms with Gasteiger partial charge in [0, 0.05) is 55.1 Å². The lowest BCUT2D eigenvalue weighted by molar-refractivity contribution is 0.631. The lowest BCUT2D eigenvalue weighted by Gasteiger charge is -2.20. The Morgan fingerprint density at radius 1 is 1.12 bits per heavy atom. The van der Waals surface area contributed by atoms with Crippen molar-refractivity contribution in [3.63, 3.8) is 0 Å². The van der Waals surface area contributed by atoms with Gasteiger partial charge in [0.2, 0.25) is 0 Å². The molecule has 5 rings (SSSR count). The zero-order valence-corrected chi connectivity index (χ0v) is 18.5. The highest BCUT2D eigenvalue weighted by Gasteiger charge is 2.27. The number of aromatic nitrogens is 4. The molecule has 1 aromatic carbocycles.